The van der Waals surface area contributed by atoms with Crippen molar-refractivity contribution < 1.29 is 0 Å². The van der Waals surface area contributed by atoms with Gasteiger partial charge >= 0.3 is 0 Å². The molecule has 0 radical (unpaired) electrons. The van der Waals surface area contributed by atoms with Crippen LogP contribution in [0.5, 0.6) is 0 Å². The summed E-state index contributed by atoms with van der Waals surface area (Å²) in [5.41, 5.74) is 11.0. The molecule has 2 rings (SSSR count). The van der Waals surface area contributed by atoms with Crippen molar-refractivity contribution in [1.82, 2.24) is 0 Å². The summed E-state index contributed by atoms with van der Waals surface area (Å²) in [5.74, 6) is 0. The van der Waals surface area contributed by atoms with Crippen molar-refractivity contribution in [3.05, 3.63) is 53.6 Å². The van der Waals surface area contributed by atoms with E-state index in [1.165, 1.54) is 11.1 Å². The first kappa shape index (κ1) is 13.3. The lowest BCUT2D eigenvalue weighted by molar-refractivity contribution is 1.04. The van der Waals surface area contributed by atoms with Gasteiger partial charge in [0.1, 0.15) is 5.69 Å². The van der Waals surface area contributed by atoms with Crippen molar-refractivity contribution in [1.29, 1.82) is 0 Å². The quantitative estimate of drug-likeness (QED) is 0.617. The van der Waals surface area contributed by atoms with E-state index in [0.29, 0.717) is 0 Å². The van der Waals surface area contributed by atoms with E-state index < -0.39 is 0 Å². The zero-order valence-corrected chi connectivity index (χ0v) is 11.4. The van der Waals surface area contributed by atoms with Gasteiger partial charge in [-0.25, -0.2) is 0 Å². The van der Waals surface area contributed by atoms with Crippen molar-refractivity contribution in [3.63, 3.8) is 0 Å². The lowest BCUT2D eigenvalue weighted by atomic mass is 10.00. The minimum atomic E-state index is 0.748. The molecule has 0 aliphatic carbocycles. The standard InChI is InChI=1S/C16H19N3/c1-3-12-10-11-15(16(17)14(12)4-2)19-18-13-8-6-5-7-9-13/h5-11H,3-4,17H2,1-2H3. The number of azo groups is 1. The molecule has 0 saturated heterocycles. The Hall–Kier alpha value is -2.16. The van der Waals surface area contributed by atoms with Crippen LogP contribution in [0.1, 0.15) is 25.0 Å². The smallest absolute Gasteiger partial charge is 0.109 e. The predicted octanol–water partition coefficient (Wildman–Crippen LogP) is 4.81. The Morgan fingerprint density at radius 3 is 2.26 bits per heavy atom. The van der Waals surface area contributed by atoms with Gasteiger partial charge in [-0.3, -0.25) is 0 Å². The number of nitrogen functional groups attached to an aromatic ring is 1. The first-order valence-electron chi connectivity index (χ1n) is 6.63. The molecular formula is C16H19N3. The second kappa shape index (κ2) is 6.14. The van der Waals surface area contributed by atoms with Gasteiger partial charge in [-0.15, -0.1) is 5.11 Å². The van der Waals surface area contributed by atoms with Crippen LogP contribution in [0.3, 0.4) is 0 Å². The van der Waals surface area contributed by atoms with Crippen molar-refractivity contribution in [3.8, 4) is 0 Å². The number of nitrogens with zero attached hydrogens (tertiary/aromatic N) is 2. The average molecular weight is 253 g/mol. The molecule has 0 unspecified atom stereocenters. The summed E-state index contributed by atoms with van der Waals surface area (Å²) >= 11 is 0. The number of hydrogen-bond donors (Lipinski definition) is 1. The molecule has 19 heavy (non-hydrogen) atoms. The van der Waals surface area contributed by atoms with Crippen LogP contribution in [0.25, 0.3) is 0 Å². The van der Waals surface area contributed by atoms with E-state index in [9.17, 15) is 0 Å². The number of benzene rings is 2. The maximum atomic E-state index is 6.18. The summed E-state index contributed by atoms with van der Waals surface area (Å²) in [6, 6.07) is 13.7. The maximum absolute atomic E-state index is 6.18. The molecular weight excluding hydrogens is 234 g/mol. The van der Waals surface area contributed by atoms with Crippen LogP contribution in [0.15, 0.2) is 52.7 Å². The van der Waals surface area contributed by atoms with Gasteiger partial charge in [0, 0.05) is 0 Å². The lowest BCUT2D eigenvalue weighted by Gasteiger charge is -2.10. The van der Waals surface area contributed by atoms with Gasteiger partial charge < -0.3 is 5.73 Å². The first-order chi connectivity index (χ1) is 9.26. The van der Waals surface area contributed by atoms with E-state index >= 15 is 0 Å². The van der Waals surface area contributed by atoms with Crippen molar-refractivity contribution in [2.24, 2.45) is 10.2 Å². The zero-order valence-electron chi connectivity index (χ0n) is 11.4. The summed E-state index contributed by atoms with van der Waals surface area (Å²) < 4.78 is 0. The van der Waals surface area contributed by atoms with Gasteiger partial charge in [0.2, 0.25) is 0 Å². The van der Waals surface area contributed by atoms with Crippen LogP contribution in [0.4, 0.5) is 17.1 Å². The van der Waals surface area contributed by atoms with Gasteiger partial charge in [0.15, 0.2) is 0 Å². The molecule has 3 nitrogen and oxygen atoms in total. The molecule has 0 amide bonds. The molecule has 2 aromatic rings. The number of anilines is 1. The Morgan fingerprint density at radius 1 is 0.895 bits per heavy atom. The van der Waals surface area contributed by atoms with Gasteiger partial charge in [0.05, 0.1) is 11.4 Å². The molecule has 2 N–H and O–H groups in total. The Kier molecular flexibility index (Phi) is 4.29. The molecule has 3 heteroatoms. The van der Waals surface area contributed by atoms with Crippen LogP contribution >= 0.6 is 0 Å². The van der Waals surface area contributed by atoms with Crippen molar-refractivity contribution in [2.75, 3.05) is 5.73 Å². The highest BCUT2D eigenvalue weighted by atomic mass is 15.1. The van der Waals surface area contributed by atoms with Gasteiger partial charge in [0.25, 0.3) is 0 Å². The van der Waals surface area contributed by atoms with E-state index in [-0.39, 0.29) is 0 Å². The summed E-state index contributed by atoms with van der Waals surface area (Å²) in [4.78, 5) is 0. The molecule has 0 bridgehead atoms. The third kappa shape index (κ3) is 2.99. The normalized spacial score (nSPS) is 11.1. The van der Waals surface area contributed by atoms with Gasteiger partial charge in [-0.05, 0) is 42.2 Å². The minimum Gasteiger partial charge on any atom is -0.397 e. The summed E-state index contributed by atoms with van der Waals surface area (Å²) in [5, 5.41) is 8.47. The SMILES string of the molecule is CCc1ccc(N=Nc2ccccc2)c(N)c1CC. The third-order valence-electron chi connectivity index (χ3n) is 3.19. The van der Waals surface area contributed by atoms with E-state index in [0.717, 1.165) is 29.9 Å². The second-order valence-corrected chi connectivity index (χ2v) is 4.38. The van der Waals surface area contributed by atoms with Crippen LogP contribution in [0, 0.1) is 0 Å². The number of hydrogen-bond acceptors (Lipinski definition) is 3. The fourth-order valence-corrected chi connectivity index (χ4v) is 2.14. The van der Waals surface area contributed by atoms with Crippen molar-refractivity contribution >= 4 is 17.1 Å². The van der Waals surface area contributed by atoms with Gasteiger partial charge in [-0.1, -0.05) is 38.1 Å². The molecule has 98 valence electrons. The van der Waals surface area contributed by atoms with E-state index in [1.807, 2.05) is 36.4 Å². The molecule has 0 fully saturated rings. The Bertz CT molecular complexity index is 574. The lowest BCUT2D eigenvalue weighted by Crippen LogP contribution is -1.98. The monoisotopic (exact) mass is 253 g/mol. The molecule has 0 heterocycles. The molecule has 0 aromatic heterocycles. The summed E-state index contributed by atoms with van der Waals surface area (Å²) in [7, 11) is 0. The molecule has 2 aromatic carbocycles. The second-order valence-electron chi connectivity index (χ2n) is 4.38. The molecule has 0 saturated carbocycles. The largest absolute Gasteiger partial charge is 0.397 e. The van der Waals surface area contributed by atoms with E-state index in [4.69, 9.17) is 5.73 Å². The molecule has 0 aliphatic rings. The first-order valence-corrected chi connectivity index (χ1v) is 6.63. The van der Waals surface area contributed by atoms with Crippen LogP contribution < -0.4 is 5.73 Å². The molecule has 0 spiro atoms. The zero-order chi connectivity index (χ0) is 13.7. The minimum absolute atomic E-state index is 0.748. The highest BCUT2D eigenvalue weighted by Crippen LogP contribution is 2.30. The Morgan fingerprint density at radius 2 is 1.63 bits per heavy atom. The molecule has 0 atom stereocenters. The van der Waals surface area contributed by atoms with Crippen LogP contribution in [-0.2, 0) is 12.8 Å². The Labute approximate surface area is 114 Å². The molecule has 0 aliphatic heterocycles. The van der Waals surface area contributed by atoms with Crippen LogP contribution in [-0.4, -0.2) is 0 Å². The van der Waals surface area contributed by atoms with Gasteiger partial charge in [-0.2, -0.15) is 5.11 Å². The number of rotatable bonds is 4. The summed E-state index contributed by atoms with van der Waals surface area (Å²) in [6.07, 6.45) is 1.91. The van der Waals surface area contributed by atoms with Crippen LogP contribution in [0.2, 0.25) is 0 Å². The highest BCUT2D eigenvalue weighted by molar-refractivity contribution is 5.68. The average Bonchev–Trinajstić information content (AvgIpc) is 2.46. The number of nitrogens with two attached hydrogens (primary N) is 1. The highest BCUT2D eigenvalue weighted by Gasteiger charge is 2.07. The Balaban J connectivity index is 2.34. The topological polar surface area (TPSA) is 50.7 Å². The third-order valence-corrected chi connectivity index (χ3v) is 3.19. The van der Waals surface area contributed by atoms with Crippen molar-refractivity contribution in [2.45, 2.75) is 26.7 Å². The maximum Gasteiger partial charge on any atom is 0.109 e. The number of aryl methyl sites for hydroxylation is 1. The summed E-state index contributed by atoms with van der Waals surface area (Å²) in [6.45, 7) is 4.25. The fraction of sp³-hybridized carbons (Fsp3) is 0.250. The van der Waals surface area contributed by atoms with E-state index in [2.05, 4.69) is 30.1 Å². The predicted molar refractivity (Wildman–Crippen MR) is 80.2 cm³/mol. The fourth-order valence-electron chi connectivity index (χ4n) is 2.14. The van der Waals surface area contributed by atoms with E-state index in [1.54, 1.807) is 0 Å².